The van der Waals surface area contributed by atoms with Gasteiger partial charge in [-0.05, 0) is 6.42 Å². The van der Waals surface area contributed by atoms with Gasteiger partial charge in [-0.1, -0.05) is 19.8 Å². The third kappa shape index (κ3) is 6.22. The molecule has 0 aliphatic heterocycles. The molecule has 0 rings (SSSR count). The van der Waals surface area contributed by atoms with E-state index in [1.807, 2.05) is 0 Å². The molecule has 0 saturated carbocycles. The Bertz CT molecular complexity index is 223. The lowest BCUT2D eigenvalue weighted by molar-refractivity contribution is -0.132. The lowest BCUT2D eigenvalue weighted by Gasteiger charge is -2.14. The van der Waals surface area contributed by atoms with Gasteiger partial charge < -0.3 is 10.0 Å². The second kappa shape index (κ2) is 7.12. The van der Waals surface area contributed by atoms with Crippen LogP contribution >= 0.6 is 0 Å². The molecule has 1 N–H and O–H groups in total. The van der Waals surface area contributed by atoms with Crippen LogP contribution < -0.4 is 0 Å². The van der Waals surface area contributed by atoms with Crippen LogP contribution in [0.15, 0.2) is 12.2 Å². The second-order valence-electron chi connectivity index (χ2n) is 3.14. The molecule has 0 unspecified atom stereocenters. The van der Waals surface area contributed by atoms with Gasteiger partial charge in [0.15, 0.2) is 0 Å². The van der Waals surface area contributed by atoms with Crippen LogP contribution in [-0.4, -0.2) is 35.5 Å². The van der Waals surface area contributed by atoms with E-state index in [-0.39, 0.29) is 5.91 Å². The van der Waals surface area contributed by atoms with Gasteiger partial charge >= 0.3 is 5.97 Å². The fourth-order valence-corrected chi connectivity index (χ4v) is 0.979. The topological polar surface area (TPSA) is 57.6 Å². The van der Waals surface area contributed by atoms with Crippen molar-refractivity contribution in [2.75, 3.05) is 13.6 Å². The normalized spacial score (nSPS) is 10.4. The largest absolute Gasteiger partial charge is 0.478 e. The number of amides is 1. The number of carbonyl (C=O) groups is 2. The number of carboxylic acids is 1. The van der Waals surface area contributed by atoms with Crippen molar-refractivity contribution in [1.82, 2.24) is 4.90 Å². The third-order valence-electron chi connectivity index (χ3n) is 1.84. The zero-order chi connectivity index (χ0) is 11.0. The molecule has 0 saturated heterocycles. The number of likely N-dealkylation sites (N-methyl/N-ethyl adjacent to an activating group) is 1. The molecule has 0 atom stereocenters. The molecule has 0 spiro atoms. The highest BCUT2D eigenvalue weighted by Crippen LogP contribution is 1.97. The van der Waals surface area contributed by atoms with Gasteiger partial charge in [0.1, 0.15) is 0 Å². The molecular formula is C10H17NO3. The van der Waals surface area contributed by atoms with Gasteiger partial charge in [-0.15, -0.1) is 0 Å². The molecule has 80 valence electrons. The van der Waals surface area contributed by atoms with Crippen molar-refractivity contribution in [3.8, 4) is 0 Å². The van der Waals surface area contributed by atoms with Gasteiger partial charge in [0.25, 0.3) is 0 Å². The van der Waals surface area contributed by atoms with Gasteiger partial charge in [0.2, 0.25) is 5.91 Å². The van der Waals surface area contributed by atoms with Gasteiger partial charge in [0.05, 0.1) is 0 Å². The molecule has 14 heavy (non-hydrogen) atoms. The molecule has 0 heterocycles. The summed E-state index contributed by atoms with van der Waals surface area (Å²) in [6.07, 6.45) is 5.08. The Morgan fingerprint density at radius 2 is 1.93 bits per heavy atom. The van der Waals surface area contributed by atoms with Crippen LogP contribution in [0.2, 0.25) is 0 Å². The Labute approximate surface area is 84.2 Å². The highest BCUT2D eigenvalue weighted by Gasteiger charge is 2.03. The van der Waals surface area contributed by atoms with Crippen molar-refractivity contribution in [2.24, 2.45) is 0 Å². The fraction of sp³-hybridized carbons (Fsp3) is 0.600. The minimum Gasteiger partial charge on any atom is -0.478 e. The quantitative estimate of drug-likeness (QED) is 0.517. The summed E-state index contributed by atoms with van der Waals surface area (Å²) < 4.78 is 0. The van der Waals surface area contributed by atoms with Crippen molar-refractivity contribution in [3.63, 3.8) is 0 Å². The van der Waals surface area contributed by atoms with Crippen molar-refractivity contribution < 1.29 is 14.7 Å². The Hall–Kier alpha value is -1.32. The maximum atomic E-state index is 11.2. The van der Waals surface area contributed by atoms with Crippen LogP contribution in [0.4, 0.5) is 0 Å². The SMILES string of the molecule is CCCCCN(C)C(=O)/C=C/C(=O)O. The molecule has 0 radical (unpaired) electrons. The van der Waals surface area contributed by atoms with Crippen LogP contribution in [0.25, 0.3) is 0 Å². The third-order valence-corrected chi connectivity index (χ3v) is 1.84. The van der Waals surface area contributed by atoms with E-state index in [0.29, 0.717) is 6.54 Å². The average molecular weight is 199 g/mol. The summed E-state index contributed by atoms with van der Waals surface area (Å²) in [4.78, 5) is 22.9. The van der Waals surface area contributed by atoms with Crippen LogP contribution in [0.3, 0.4) is 0 Å². The van der Waals surface area contributed by atoms with Gasteiger partial charge in [-0.3, -0.25) is 4.79 Å². The van der Waals surface area contributed by atoms with Gasteiger partial charge in [0, 0.05) is 25.7 Å². The summed E-state index contributed by atoms with van der Waals surface area (Å²) in [6, 6.07) is 0. The number of aliphatic carboxylic acids is 1. The Kier molecular flexibility index (Phi) is 6.45. The van der Waals surface area contributed by atoms with E-state index >= 15 is 0 Å². The highest BCUT2D eigenvalue weighted by molar-refractivity contribution is 5.93. The lowest BCUT2D eigenvalue weighted by atomic mass is 10.2. The van der Waals surface area contributed by atoms with Crippen molar-refractivity contribution >= 4 is 11.9 Å². The first-order valence-electron chi connectivity index (χ1n) is 4.74. The second-order valence-corrected chi connectivity index (χ2v) is 3.14. The summed E-state index contributed by atoms with van der Waals surface area (Å²) in [5.74, 6) is -1.36. The van der Waals surface area contributed by atoms with Gasteiger partial charge in [-0.25, -0.2) is 4.79 Å². The first-order chi connectivity index (χ1) is 6.57. The molecule has 4 nitrogen and oxygen atoms in total. The molecule has 0 aromatic rings. The number of carboxylic acid groups (broad SMARTS) is 1. The average Bonchev–Trinajstić information content (AvgIpc) is 2.14. The number of unbranched alkanes of at least 4 members (excludes halogenated alkanes) is 2. The lowest BCUT2D eigenvalue weighted by Crippen LogP contribution is -2.25. The van der Waals surface area contributed by atoms with Crippen molar-refractivity contribution in [2.45, 2.75) is 26.2 Å². The molecule has 0 aromatic heterocycles. The van der Waals surface area contributed by atoms with Crippen LogP contribution in [0, 0.1) is 0 Å². The summed E-state index contributed by atoms with van der Waals surface area (Å²) in [5.41, 5.74) is 0. The first-order valence-corrected chi connectivity index (χ1v) is 4.74. The number of carbonyl (C=O) groups excluding carboxylic acids is 1. The Morgan fingerprint density at radius 3 is 2.43 bits per heavy atom. The summed E-state index contributed by atoms with van der Waals surface area (Å²) in [5, 5.41) is 8.30. The predicted molar refractivity (Wildman–Crippen MR) is 53.9 cm³/mol. The molecule has 4 heteroatoms. The number of nitrogens with zero attached hydrogens (tertiary/aromatic N) is 1. The summed E-state index contributed by atoms with van der Waals surface area (Å²) in [7, 11) is 1.67. The van der Waals surface area contributed by atoms with Crippen LogP contribution in [0.5, 0.6) is 0 Å². The molecule has 0 bridgehead atoms. The smallest absolute Gasteiger partial charge is 0.328 e. The van der Waals surface area contributed by atoms with Crippen molar-refractivity contribution in [1.29, 1.82) is 0 Å². The molecular weight excluding hydrogens is 182 g/mol. The minimum atomic E-state index is -1.10. The molecule has 0 fully saturated rings. The van der Waals surface area contributed by atoms with E-state index in [9.17, 15) is 9.59 Å². The monoisotopic (exact) mass is 199 g/mol. The van der Waals surface area contributed by atoms with E-state index in [0.717, 1.165) is 31.4 Å². The zero-order valence-corrected chi connectivity index (χ0v) is 8.69. The molecule has 0 aromatic carbocycles. The summed E-state index contributed by atoms with van der Waals surface area (Å²) >= 11 is 0. The maximum Gasteiger partial charge on any atom is 0.328 e. The predicted octanol–water partition coefficient (Wildman–Crippen LogP) is 1.28. The van der Waals surface area contributed by atoms with Gasteiger partial charge in [-0.2, -0.15) is 0 Å². The maximum absolute atomic E-state index is 11.2. The molecule has 1 amide bonds. The van der Waals surface area contributed by atoms with E-state index in [1.165, 1.54) is 4.90 Å². The molecule has 0 aliphatic carbocycles. The van der Waals surface area contributed by atoms with Crippen LogP contribution in [-0.2, 0) is 9.59 Å². The molecule has 0 aliphatic rings. The first kappa shape index (κ1) is 12.7. The summed E-state index contributed by atoms with van der Waals surface area (Å²) in [6.45, 7) is 2.77. The number of hydrogen-bond acceptors (Lipinski definition) is 2. The highest BCUT2D eigenvalue weighted by atomic mass is 16.4. The minimum absolute atomic E-state index is 0.261. The van der Waals surface area contributed by atoms with E-state index < -0.39 is 5.97 Å². The van der Waals surface area contributed by atoms with E-state index in [1.54, 1.807) is 7.05 Å². The number of hydrogen-bond donors (Lipinski definition) is 1. The fourth-order valence-electron chi connectivity index (χ4n) is 0.979. The standard InChI is InChI=1S/C10H17NO3/c1-3-4-5-8-11(2)9(12)6-7-10(13)14/h6-7H,3-5,8H2,1-2H3,(H,13,14)/b7-6+. The van der Waals surface area contributed by atoms with E-state index in [4.69, 9.17) is 5.11 Å². The van der Waals surface area contributed by atoms with Crippen molar-refractivity contribution in [3.05, 3.63) is 12.2 Å². The number of rotatable bonds is 6. The zero-order valence-electron chi connectivity index (χ0n) is 8.69. The van der Waals surface area contributed by atoms with Crippen LogP contribution in [0.1, 0.15) is 26.2 Å². The Balaban J connectivity index is 3.81. The van der Waals surface area contributed by atoms with E-state index in [2.05, 4.69) is 6.92 Å². The Morgan fingerprint density at radius 1 is 1.29 bits per heavy atom.